The van der Waals surface area contributed by atoms with Gasteiger partial charge < -0.3 is 14.6 Å². The van der Waals surface area contributed by atoms with Gasteiger partial charge in [-0.25, -0.2) is 0 Å². The molecule has 0 aliphatic rings. The second-order valence-corrected chi connectivity index (χ2v) is 7.17. The van der Waals surface area contributed by atoms with Crippen molar-refractivity contribution >= 4 is 5.78 Å². The van der Waals surface area contributed by atoms with Gasteiger partial charge in [0, 0.05) is 32.2 Å². The maximum atomic E-state index is 12.9. The van der Waals surface area contributed by atoms with Gasteiger partial charge in [-0.1, -0.05) is 46.3 Å². The zero-order valence-electron chi connectivity index (χ0n) is 18.0. The van der Waals surface area contributed by atoms with Crippen molar-refractivity contribution in [1.82, 2.24) is 0 Å². The highest BCUT2D eigenvalue weighted by Gasteiger charge is 2.38. The van der Waals surface area contributed by atoms with Gasteiger partial charge in [-0.15, -0.1) is 0 Å². The quantitative estimate of drug-likeness (QED) is 0.509. The van der Waals surface area contributed by atoms with Crippen LogP contribution in [0.2, 0.25) is 0 Å². The van der Waals surface area contributed by atoms with Gasteiger partial charge in [0.15, 0.2) is 0 Å². The molecular weight excluding hydrogens is 316 g/mol. The topological polar surface area (TPSA) is 55.8 Å². The Balaban J connectivity index is 0. The molecule has 0 saturated heterocycles. The van der Waals surface area contributed by atoms with Crippen molar-refractivity contribution < 1.29 is 19.4 Å². The van der Waals surface area contributed by atoms with Crippen molar-refractivity contribution in [3.8, 4) is 0 Å². The highest BCUT2D eigenvalue weighted by Crippen LogP contribution is 2.32. The van der Waals surface area contributed by atoms with Crippen molar-refractivity contribution in [3.63, 3.8) is 0 Å². The van der Waals surface area contributed by atoms with Crippen LogP contribution >= 0.6 is 0 Å². The van der Waals surface area contributed by atoms with E-state index in [-0.39, 0.29) is 23.9 Å². The zero-order valence-corrected chi connectivity index (χ0v) is 18.0. The van der Waals surface area contributed by atoms with Gasteiger partial charge >= 0.3 is 0 Å². The number of hydrogen-bond acceptors (Lipinski definition) is 4. The Bertz CT molecular complexity index is 372. The van der Waals surface area contributed by atoms with E-state index in [1.54, 1.807) is 21.1 Å². The highest BCUT2D eigenvalue weighted by molar-refractivity contribution is 5.86. The van der Waals surface area contributed by atoms with E-state index in [0.717, 1.165) is 19.3 Å². The van der Waals surface area contributed by atoms with Crippen LogP contribution in [0.15, 0.2) is 11.6 Å². The van der Waals surface area contributed by atoms with Gasteiger partial charge in [0.1, 0.15) is 5.78 Å². The molecule has 0 heterocycles. The number of Topliss-reactive ketones (excluding diaryl/α,β-unsaturated/α-hetero) is 1. The first kappa shape index (κ1) is 26.5. The van der Waals surface area contributed by atoms with Crippen molar-refractivity contribution in [2.45, 2.75) is 86.4 Å². The number of ketones is 1. The molecule has 3 atom stereocenters. The third-order valence-electron chi connectivity index (χ3n) is 4.46. The van der Waals surface area contributed by atoms with Gasteiger partial charge in [0.2, 0.25) is 0 Å². The van der Waals surface area contributed by atoms with Crippen LogP contribution in [0.5, 0.6) is 0 Å². The number of aliphatic hydroxyl groups excluding tert-OH is 1. The van der Waals surface area contributed by atoms with Crippen molar-refractivity contribution in [3.05, 3.63) is 11.6 Å². The number of hydrogen-bond donors (Lipinski definition) is 1. The lowest BCUT2D eigenvalue weighted by Crippen LogP contribution is -2.42. The SMILES string of the molecule is CC.COCCC(OC)C(C)(C)C(=O)C(C)C/C(C)=C/CCC(C)O. The van der Waals surface area contributed by atoms with E-state index in [9.17, 15) is 9.90 Å². The predicted octanol–water partition coefficient (Wildman–Crippen LogP) is 4.79. The summed E-state index contributed by atoms with van der Waals surface area (Å²) in [6.45, 7) is 14.3. The number of allylic oxidation sites excluding steroid dienone is 2. The fourth-order valence-electron chi connectivity index (χ4n) is 3.02. The summed E-state index contributed by atoms with van der Waals surface area (Å²) in [7, 11) is 3.31. The van der Waals surface area contributed by atoms with Gasteiger partial charge in [-0.05, 0) is 39.5 Å². The van der Waals surface area contributed by atoms with Crippen LogP contribution in [-0.2, 0) is 14.3 Å². The molecule has 0 spiro atoms. The summed E-state index contributed by atoms with van der Waals surface area (Å²) in [6, 6.07) is 0. The van der Waals surface area contributed by atoms with E-state index in [1.807, 2.05) is 34.6 Å². The third-order valence-corrected chi connectivity index (χ3v) is 4.46. The molecule has 25 heavy (non-hydrogen) atoms. The van der Waals surface area contributed by atoms with Crippen molar-refractivity contribution in [1.29, 1.82) is 0 Å². The molecule has 4 heteroatoms. The van der Waals surface area contributed by atoms with E-state index in [2.05, 4.69) is 13.0 Å². The first-order valence-corrected chi connectivity index (χ1v) is 9.56. The summed E-state index contributed by atoms with van der Waals surface area (Å²) in [5.74, 6) is 0.178. The molecule has 0 aromatic carbocycles. The molecule has 0 aromatic heterocycles. The molecular formula is C21H42O4. The first-order valence-electron chi connectivity index (χ1n) is 9.56. The average molecular weight is 359 g/mol. The molecule has 0 aliphatic heterocycles. The van der Waals surface area contributed by atoms with E-state index in [0.29, 0.717) is 13.0 Å². The average Bonchev–Trinajstić information content (AvgIpc) is 2.55. The number of methoxy groups -OCH3 is 2. The molecule has 1 N–H and O–H groups in total. The molecule has 150 valence electrons. The predicted molar refractivity (Wildman–Crippen MR) is 106 cm³/mol. The highest BCUT2D eigenvalue weighted by atomic mass is 16.5. The molecule has 0 aromatic rings. The van der Waals surface area contributed by atoms with Crippen LogP contribution in [0, 0.1) is 11.3 Å². The van der Waals surface area contributed by atoms with Gasteiger partial charge in [-0.3, -0.25) is 4.79 Å². The number of aliphatic hydroxyl groups is 1. The Hall–Kier alpha value is -0.710. The minimum atomic E-state index is -0.535. The van der Waals surface area contributed by atoms with Crippen LogP contribution < -0.4 is 0 Å². The van der Waals surface area contributed by atoms with Crippen molar-refractivity contribution in [2.75, 3.05) is 20.8 Å². The standard InChI is InChI=1S/C19H36O4.C2H6/c1-14(9-8-10-16(3)20)13-15(2)18(21)19(4,5)17(23-7)11-12-22-6;1-2/h9,15-17,20H,8,10-13H2,1-7H3;1-2H3/b14-9+;. The molecule has 0 rings (SSSR count). The Morgan fingerprint density at radius 3 is 2.16 bits per heavy atom. The zero-order chi connectivity index (χ0) is 20.0. The Morgan fingerprint density at radius 1 is 1.16 bits per heavy atom. The number of carbonyl (C=O) groups excluding carboxylic acids is 1. The molecule has 0 radical (unpaired) electrons. The molecule has 0 saturated carbocycles. The van der Waals surface area contributed by atoms with Crippen LogP contribution in [0.4, 0.5) is 0 Å². The number of rotatable bonds is 12. The number of carbonyl (C=O) groups is 1. The normalized spacial score (nSPS) is 15.8. The molecule has 0 aliphatic carbocycles. The smallest absolute Gasteiger partial charge is 0.144 e. The summed E-state index contributed by atoms with van der Waals surface area (Å²) >= 11 is 0. The van der Waals surface area contributed by atoms with Crippen LogP contribution in [-0.4, -0.2) is 43.9 Å². The molecule has 0 bridgehead atoms. The summed E-state index contributed by atoms with van der Waals surface area (Å²) < 4.78 is 10.7. The van der Waals surface area contributed by atoms with Gasteiger partial charge in [-0.2, -0.15) is 0 Å². The summed E-state index contributed by atoms with van der Waals surface area (Å²) in [4.78, 5) is 12.9. The second kappa shape index (κ2) is 14.5. The van der Waals surface area contributed by atoms with E-state index in [4.69, 9.17) is 9.47 Å². The third kappa shape index (κ3) is 10.8. The number of ether oxygens (including phenoxy) is 2. The molecule has 3 unspecified atom stereocenters. The van der Waals surface area contributed by atoms with E-state index in [1.165, 1.54) is 5.57 Å². The Kier molecular flexibility index (Phi) is 15.3. The van der Waals surface area contributed by atoms with Gasteiger partial charge in [0.25, 0.3) is 0 Å². The lowest BCUT2D eigenvalue weighted by Gasteiger charge is -2.34. The maximum Gasteiger partial charge on any atom is 0.144 e. The summed E-state index contributed by atoms with van der Waals surface area (Å²) in [5.41, 5.74) is 0.667. The Labute approximate surface area is 156 Å². The first-order chi connectivity index (χ1) is 11.7. The lowest BCUT2D eigenvalue weighted by molar-refractivity contribution is -0.139. The minimum Gasteiger partial charge on any atom is -0.393 e. The molecule has 4 nitrogen and oxygen atoms in total. The van der Waals surface area contributed by atoms with Crippen LogP contribution in [0.25, 0.3) is 0 Å². The monoisotopic (exact) mass is 358 g/mol. The molecule has 0 amide bonds. The minimum absolute atomic E-state index is 0.0482. The van der Waals surface area contributed by atoms with Crippen molar-refractivity contribution in [2.24, 2.45) is 11.3 Å². The maximum absolute atomic E-state index is 12.9. The molecule has 0 fully saturated rings. The van der Waals surface area contributed by atoms with Crippen LogP contribution in [0.3, 0.4) is 0 Å². The van der Waals surface area contributed by atoms with Crippen LogP contribution in [0.1, 0.15) is 74.1 Å². The lowest BCUT2D eigenvalue weighted by atomic mass is 9.74. The fourth-order valence-corrected chi connectivity index (χ4v) is 3.02. The second-order valence-electron chi connectivity index (χ2n) is 7.17. The largest absolute Gasteiger partial charge is 0.393 e. The van der Waals surface area contributed by atoms with E-state index >= 15 is 0 Å². The Morgan fingerprint density at radius 2 is 1.72 bits per heavy atom. The fraction of sp³-hybridized carbons (Fsp3) is 0.857. The van der Waals surface area contributed by atoms with E-state index < -0.39 is 5.41 Å². The van der Waals surface area contributed by atoms with Gasteiger partial charge in [0.05, 0.1) is 12.2 Å². The summed E-state index contributed by atoms with van der Waals surface area (Å²) in [6.07, 6.45) is 4.78. The summed E-state index contributed by atoms with van der Waals surface area (Å²) in [5, 5.41) is 9.29.